The highest BCUT2D eigenvalue weighted by atomic mass is 32.1. The van der Waals surface area contributed by atoms with E-state index in [9.17, 15) is 8.22 Å². The molecule has 0 fully saturated rings. The molecule has 1 aliphatic rings. The second-order valence-corrected chi connectivity index (χ2v) is 21.4. The summed E-state index contributed by atoms with van der Waals surface area (Å²) in [4.78, 5) is 2.22. The molecular formula is C73H46N2S2. The number of hydrogen-bond donors (Lipinski definition) is 0. The van der Waals surface area contributed by atoms with Gasteiger partial charge in [-0.2, -0.15) is 0 Å². The molecule has 12 aromatic carbocycles. The van der Waals surface area contributed by atoms with Crippen LogP contribution in [0.4, 0.5) is 17.1 Å². The Hall–Kier alpha value is -9.32. The maximum Gasteiger partial charge on any atom is 0.0713 e. The minimum absolute atomic E-state index is 0.0296. The molecule has 3 aromatic heterocycles. The summed E-state index contributed by atoms with van der Waals surface area (Å²) in [5, 5.41) is 6.63. The minimum atomic E-state index is -2.51. The molecule has 4 heteroatoms. The molecule has 0 N–H and O–H groups in total. The standard InChI is InChI=1S/C73H46N2S2/c1-3-17-49(18-4-1)73(50-19-5-2-6-20-50)65-29-11-7-21-57(65)64-45-53(42-44-66(64)73)75-67-30-12-8-22-58(67)59-43-41-54(46-68(59)75)74(51-37-33-47(34-38-51)55-25-15-27-62-60-23-9-13-31-69(60)76-71(55)62)52-39-35-48(36-40-52)56-26-16-28-63-61-24-10-14-32-70(61)77-72(56)63/h1-46H/i1D,2D,3D,4D,5D,6D,7D,11D,17D,18D,19D,20D,21D,29D. The Kier molecular flexibility index (Phi) is 7.26. The van der Waals surface area contributed by atoms with Gasteiger partial charge < -0.3 is 9.47 Å². The van der Waals surface area contributed by atoms with Crippen molar-refractivity contribution < 1.29 is 19.2 Å². The molecule has 0 amide bonds. The second-order valence-electron chi connectivity index (χ2n) is 19.3. The van der Waals surface area contributed by atoms with Gasteiger partial charge in [0.2, 0.25) is 0 Å². The number of fused-ring (bicyclic) bond motifs is 12. The Morgan fingerprint density at radius 3 is 1.47 bits per heavy atom. The third-order valence-electron chi connectivity index (χ3n) is 15.3. The molecule has 0 saturated carbocycles. The summed E-state index contributed by atoms with van der Waals surface area (Å²) in [5.74, 6) is 0. The lowest BCUT2D eigenvalue weighted by Crippen LogP contribution is -2.28. The van der Waals surface area contributed by atoms with E-state index in [1.54, 1.807) is 40.9 Å². The number of thiophene rings is 2. The maximum atomic E-state index is 9.75. The molecule has 0 atom stereocenters. The van der Waals surface area contributed by atoms with Crippen molar-refractivity contribution in [2.75, 3.05) is 4.90 Å². The highest BCUT2D eigenvalue weighted by molar-refractivity contribution is 7.26. The summed E-state index contributed by atoms with van der Waals surface area (Å²) in [5.41, 5.74) is 5.15. The Balaban J connectivity index is 0.927. The third kappa shape index (κ3) is 6.66. The van der Waals surface area contributed by atoms with Crippen molar-refractivity contribution in [1.29, 1.82) is 0 Å². The summed E-state index contributed by atoms with van der Waals surface area (Å²) in [6.07, 6.45) is 0. The van der Waals surface area contributed by atoms with Crippen molar-refractivity contribution in [3.63, 3.8) is 0 Å². The molecule has 2 nitrogen and oxygen atoms in total. The van der Waals surface area contributed by atoms with Gasteiger partial charge in [-0.25, -0.2) is 0 Å². The van der Waals surface area contributed by atoms with Gasteiger partial charge in [0.25, 0.3) is 0 Å². The Morgan fingerprint density at radius 1 is 0.351 bits per heavy atom. The number of anilines is 3. The smallest absolute Gasteiger partial charge is 0.0713 e. The van der Waals surface area contributed by atoms with Crippen LogP contribution in [0.3, 0.4) is 0 Å². The molecule has 15 aromatic rings. The zero-order valence-electron chi connectivity index (χ0n) is 54.7. The zero-order chi connectivity index (χ0) is 62.8. The van der Waals surface area contributed by atoms with Crippen LogP contribution in [0.25, 0.3) is 101 Å². The lowest BCUT2D eigenvalue weighted by Gasteiger charge is -2.33. The molecule has 77 heavy (non-hydrogen) atoms. The van der Waals surface area contributed by atoms with Gasteiger partial charge in [0, 0.05) is 73.9 Å². The average molecular weight is 1030 g/mol. The normalized spacial score (nSPS) is 15.3. The van der Waals surface area contributed by atoms with Gasteiger partial charge in [0.1, 0.15) is 0 Å². The van der Waals surface area contributed by atoms with E-state index in [-0.39, 0.29) is 22.3 Å². The number of hydrogen-bond acceptors (Lipinski definition) is 3. The van der Waals surface area contributed by atoms with E-state index in [0.717, 1.165) is 61.1 Å². The van der Waals surface area contributed by atoms with E-state index in [1.807, 2.05) is 24.3 Å². The first-order chi connectivity index (χ1) is 44.0. The molecule has 1 aliphatic carbocycles. The molecule has 0 spiro atoms. The summed E-state index contributed by atoms with van der Waals surface area (Å²) < 4.78 is 136. The third-order valence-corrected chi connectivity index (χ3v) is 17.8. The Bertz CT molecular complexity index is 5390. The van der Waals surface area contributed by atoms with E-state index in [0.29, 0.717) is 5.69 Å². The van der Waals surface area contributed by atoms with Gasteiger partial charge in [0.05, 0.1) is 35.6 Å². The zero-order valence-corrected chi connectivity index (χ0v) is 42.3. The number of aromatic nitrogens is 1. The van der Waals surface area contributed by atoms with Crippen molar-refractivity contribution in [3.8, 4) is 39.1 Å². The van der Waals surface area contributed by atoms with E-state index in [4.69, 9.17) is 11.0 Å². The molecule has 0 radical (unpaired) electrons. The summed E-state index contributed by atoms with van der Waals surface area (Å²) >= 11 is 3.57. The fourth-order valence-electron chi connectivity index (χ4n) is 12.0. The number of nitrogens with zero attached hydrogens (tertiary/aromatic N) is 2. The molecule has 0 unspecified atom stereocenters. The Labute approximate surface area is 473 Å². The van der Waals surface area contributed by atoms with Gasteiger partial charge in [-0.1, -0.05) is 212 Å². The first-order valence-electron chi connectivity index (χ1n) is 32.2. The Morgan fingerprint density at radius 2 is 0.857 bits per heavy atom. The molecule has 0 bridgehead atoms. The van der Waals surface area contributed by atoms with Crippen LogP contribution in [-0.2, 0) is 5.41 Å². The topological polar surface area (TPSA) is 8.17 Å². The first kappa shape index (κ1) is 32.2. The molecule has 360 valence electrons. The number of benzene rings is 12. The van der Waals surface area contributed by atoms with Crippen molar-refractivity contribution in [1.82, 2.24) is 4.57 Å². The summed E-state index contributed by atoms with van der Waals surface area (Å²) in [6, 6.07) is 56.0. The van der Waals surface area contributed by atoms with Crippen LogP contribution < -0.4 is 4.90 Å². The monoisotopic (exact) mass is 1030 g/mol. The number of rotatable bonds is 8. The molecular weight excluding hydrogens is 969 g/mol. The van der Waals surface area contributed by atoms with Crippen LogP contribution in [0, 0.1) is 0 Å². The highest BCUT2D eigenvalue weighted by Crippen LogP contribution is 2.57. The van der Waals surface area contributed by atoms with Crippen LogP contribution >= 0.6 is 22.7 Å². The largest absolute Gasteiger partial charge is 0.310 e. The quantitative estimate of drug-likeness (QED) is 0.147. The molecule has 0 saturated heterocycles. The van der Waals surface area contributed by atoms with Gasteiger partial charge in [-0.3, -0.25) is 0 Å². The number of para-hydroxylation sites is 1. The molecule has 0 aliphatic heterocycles. The second kappa shape index (κ2) is 17.4. The van der Waals surface area contributed by atoms with E-state index in [2.05, 4.69) is 161 Å². The van der Waals surface area contributed by atoms with Gasteiger partial charge in [-0.05, 0) is 122 Å². The fraction of sp³-hybridized carbons (Fsp3) is 0.0137. The van der Waals surface area contributed by atoms with Crippen LogP contribution in [0.2, 0.25) is 0 Å². The fourth-order valence-corrected chi connectivity index (χ4v) is 14.5. The lowest BCUT2D eigenvalue weighted by atomic mass is 9.68. The lowest BCUT2D eigenvalue weighted by molar-refractivity contribution is 0.768. The van der Waals surface area contributed by atoms with Crippen molar-refractivity contribution in [2.24, 2.45) is 0 Å². The summed E-state index contributed by atoms with van der Waals surface area (Å²) in [7, 11) is 0. The van der Waals surface area contributed by atoms with E-state index in [1.165, 1.54) is 40.3 Å². The molecule has 16 rings (SSSR count). The maximum absolute atomic E-state index is 9.75. The van der Waals surface area contributed by atoms with E-state index < -0.39 is 101 Å². The average Bonchev–Trinajstić information content (AvgIpc) is 1.54. The minimum Gasteiger partial charge on any atom is -0.310 e. The SMILES string of the molecule is [2H]c1c([2H])c([2H])c(C2(c3c([2H])c([2H])c([2H])c([2H])c3[2H])c3ccc(-n4c5ccccc5c5ccc(N(c6ccc(-c7cccc8c7sc7ccccc78)cc6)c6ccc(-c7cccc8c7sc7ccccc78)cc6)cc54)cc3-c3c([2H])c([2H])c([2H])c([2H])c32)c([2H])c1[2H]. The van der Waals surface area contributed by atoms with Gasteiger partial charge in [0.15, 0.2) is 0 Å². The van der Waals surface area contributed by atoms with Crippen LogP contribution in [0.15, 0.2) is 279 Å². The van der Waals surface area contributed by atoms with Gasteiger partial charge >= 0.3 is 0 Å². The van der Waals surface area contributed by atoms with Crippen molar-refractivity contribution in [3.05, 3.63) is 301 Å². The highest BCUT2D eigenvalue weighted by Gasteiger charge is 2.46. The predicted molar refractivity (Wildman–Crippen MR) is 329 cm³/mol. The molecule has 3 heterocycles. The van der Waals surface area contributed by atoms with Crippen LogP contribution in [-0.4, -0.2) is 4.57 Å². The first-order valence-corrected chi connectivity index (χ1v) is 26.9. The van der Waals surface area contributed by atoms with Crippen molar-refractivity contribution in [2.45, 2.75) is 5.41 Å². The van der Waals surface area contributed by atoms with E-state index >= 15 is 0 Å². The van der Waals surface area contributed by atoms with Gasteiger partial charge in [-0.15, -0.1) is 22.7 Å². The van der Waals surface area contributed by atoms with Crippen LogP contribution in [0.1, 0.15) is 41.4 Å². The predicted octanol–water partition coefficient (Wildman–Crippen LogP) is 20.7. The summed E-state index contributed by atoms with van der Waals surface area (Å²) in [6.45, 7) is 0. The van der Waals surface area contributed by atoms with Crippen molar-refractivity contribution >= 4 is 102 Å². The van der Waals surface area contributed by atoms with Crippen LogP contribution in [0.5, 0.6) is 0 Å².